The van der Waals surface area contributed by atoms with Crippen molar-refractivity contribution < 1.29 is 9.59 Å². The Labute approximate surface area is 131 Å². The Morgan fingerprint density at radius 2 is 1.81 bits per heavy atom. The zero-order valence-electron chi connectivity index (χ0n) is 12.8. The van der Waals surface area contributed by atoms with E-state index in [2.05, 4.69) is 17.6 Å². The molecule has 2 amide bonds. The van der Waals surface area contributed by atoms with Gasteiger partial charge in [-0.3, -0.25) is 9.59 Å². The van der Waals surface area contributed by atoms with Gasteiger partial charge in [0.15, 0.2) is 0 Å². The van der Waals surface area contributed by atoms with Crippen molar-refractivity contribution in [1.29, 1.82) is 0 Å². The molecule has 0 unspecified atom stereocenters. The van der Waals surface area contributed by atoms with Gasteiger partial charge in [0.2, 0.25) is 11.8 Å². The van der Waals surface area contributed by atoms with Crippen molar-refractivity contribution in [3.05, 3.63) is 34.9 Å². The average Bonchev–Trinajstić information content (AvgIpc) is 2.38. The summed E-state index contributed by atoms with van der Waals surface area (Å²) >= 11 is 5.86. The van der Waals surface area contributed by atoms with Crippen LogP contribution in [0.2, 0.25) is 5.02 Å². The fourth-order valence-corrected chi connectivity index (χ4v) is 2.34. The highest BCUT2D eigenvalue weighted by Gasteiger charge is 2.18. The van der Waals surface area contributed by atoms with Crippen LogP contribution in [0.15, 0.2) is 24.3 Å². The molecule has 21 heavy (non-hydrogen) atoms. The molecule has 2 N–H and O–H groups in total. The molecule has 116 valence electrons. The summed E-state index contributed by atoms with van der Waals surface area (Å²) in [4.78, 5) is 23.4. The first-order valence-electron chi connectivity index (χ1n) is 7.24. The van der Waals surface area contributed by atoms with E-state index in [-0.39, 0.29) is 30.3 Å². The minimum Gasteiger partial charge on any atom is -0.354 e. The third-order valence-electron chi connectivity index (χ3n) is 3.17. The molecular formula is C16H23ClN2O2. The van der Waals surface area contributed by atoms with Crippen molar-refractivity contribution in [2.24, 2.45) is 0 Å². The molecule has 2 atom stereocenters. The molecule has 1 aromatic rings. The van der Waals surface area contributed by atoms with Crippen LogP contribution in [0.4, 0.5) is 0 Å². The number of amides is 2. The summed E-state index contributed by atoms with van der Waals surface area (Å²) in [7, 11) is 0. The van der Waals surface area contributed by atoms with Crippen LogP contribution in [-0.2, 0) is 9.59 Å². The molecule has 0 heterocycles. The van der Waals surface area contributed by atoms with E-state index in [1.54, 1.807) is 12.1 Å². The smallest absolute Gasteiger partial charge is 0.222 e. The number of hydrogen-bond donors (Lipinski definition) is 2. The van der Waals surface area contributed by atoms with Crippen molar-refractivity contribution in [2.45, 2.75) is 52.1 Å². The number of halogens is 1. The summed E-state index contributed by atoms with van der Waals surface area (Å²) in [5, 5.41) is 6.38. The molecule has 0 aromatic heterocycles. The predicted octanol–water partition coefficient (Wildman–Crippen LogP) is 3.21. The van der Waals surface area contributed by atoms with E-state index in [4.69, 9.17) is 11.6 Å². The number of benzene rings is 1. The molecule has 5 heteroatoms. The second kappa shape index (κ2) is 8.67. The van der Waals surface area contributed by atoms with E-state index in [0.717, 1.165) is 18.4 Å². The highest BCUT2D eigenvalue weighted by Crippen LogP contribution is 2.19. The zero-order valence-corrected chi connectivity index (χ0v) is 13.5. The van der Waals surface area contributed by atoms with Gasteiger partial charge < -0.3 is 10.6 Å². The molecule has 0 bridgehead atoms. The minimum atomic E-state index is -0.339. The maximum Gasteiger partial charge on any atom is 0.222 e. The summed E-state index contributed by atoms with van der Waals surface area (Å²) in [6.45, 7) is 5.51. The summed E-state index contributed by atoms with van der Waals surface area (Å²) < 4.78 is 0. The Morgan fingerprint density at radius 1 is 1.19 bits per heavy atom. The summed E-state index contributed by atoms with van der Waals surface area (Å²) in [6, 6.07) is 6.96. The van der Waals surface area contributed by atoms with Crippen LogP contribution in [0.25, 0.3) is 0 Å². The van der Waals surface area contributed by atoms with Gasteiger partial charge in [-0.2, -0.15) is 0 Å². The number of carbonyl (C=O) groups excluding carboxylic acids is 2. The second-order valence-electron chi connectivity index (χ2n) is 5.27. The van der Waals surface area contributed by atoms with Gasteiger partial charge in [0.25, 0.3) is 0 Å². The molecular weight excluding hydrogens is 288 g/mol. The Kier molecular flexibility index (Phi) is 7.23. The maximum atomic E-state index is 12.1. The quantitative estimate of drug-likeness (QED) is 0.812. The molecule has 0 fully saturated rings. The van der Waals surface area contributed by atoms with Gasteiger partial charge in [-0.25, -0.2) is 0 Å². The highest BCUT2D eigenvalue weighted by atomic mass is 35.5. The molecule has 0 saturated carbocycles. The van der Waals surface area contributed by atoms with Gasteiger partial charge in [-0.05, 0) is 31.0 Å². The maximum absolute atomic E-state index is 12.1. The SMILES string of the molecule is CCC[C@@H](C)NC(=O)C[C@H](NC(C)=O)c1ccc(Cl)cc1. The third-order valence-corrected chi connectivity index (χ3v) is 3.42. The van der Waals surface area contributed by atoms with E-state index >= 15 is 0 Å². The monoisotopic (exact) mass is 310 g/mol. The van der Waals surface area contributed by atoms with Gasteiger partial charge in [-0.15, -0.1) is 0 Å². The Morgan fingerprint density at radius 3 is 2.33 bits per heavy atom. The standard InChI is InChI=1S/C16H23ClN2O2/c1-4-5-11(2)18-16(21)10-15(19-12(3)20)13-6-8-14(17)9-7-13/h6-9,11,15H,4-5,10H2,1-3H3,(H,18,21)(H,19,20)/t11-,15+/m1/s1. The zero-order chi connectivity index (χ0) is 15.8. The van der Waals surface area contributed by atoms with Crippen molar-refractivity contribution >= 4 is 23.4 Å². The lowest BCUT2D eigenvalue weighted by atomic mass is 10.0. The van der Waals surface area contributed by atoms with Crippen LogP contribution < -0.4 is 10.6 Å². The fourth-order valence-electron chi connectivity index (χ4n) is 2.22. The van der Waals surface area contributed by atoms with Crippen LogP contribution >= 0.6 is 11.6 Å². The molecule has 0 aliphatic carbocycles. The lowest BCUT2D eigenvalue weighted by Crippen LogP contribution is -2.36. The van der Waals surface area contributed by atoms with Crippen molar-refractivity contribution in [3.63, 3.8) is 0 Å². The van der Waals surface area contributed by atoms with Crippen molar-refractivity contribution in [1.82, 2.24) is 10.6 Å². The molecule has 0 radical (unpaired) electrons. The van der Waals surface area contributed by atoms with Crippen LogP contribution in [0.3, 0.4) is 0 Å². The van der Waals surface area contributed by atoms with Gasteiger partial charge >= 0.3 is 0 Å². The lowest BCUT2D eigenvalue weighted by molar-refractivity contribution is -0.123. The van der Waals surface area contributed by atoms with E-state index in [0.29, 0.717) is 5.02 Å². The van der Waals surface area contributed by atoms with Crippen LogP contribution in [0.5, 0.6) is 0 Å². The van der Waals surface area contributed by atoms with Gasteiger partial charge in [0.05, 0.1) is 12.5 Å². The predicted molar refractivity (Wildman–Crippen MR) is 85.1 cm³/mol. The first-order chi connectivity index (χ1) is 9.92. The molecule has 1 rings (SSSR count). The highest BCUT2D eigenvalue weighted by molar-refractivity contribution is 6.30. The van der Waals surface area contributed by atoms with Gasteiger partial charge in [-0.1, -0.05) is 37.1 Å². The van der Waals surface area contributed by atoms with Crippen molar-refractivity contribution in [2.75, 3.05) is 0 Å². The van der Waals surface area contributed by atoms with Crippen LogP contribution in [0, 0.1) is 0 Å². The molecule has 4 nitrogen and oxygen atoms in total. The van der Waals surface area contributed by atoms with E-state index in [1.165, 1.54) is 6.92 Å². The molecule has 1 aromatic carbocycles. The number of carbonyl (C=O) groups is 2. The fraction of sp³-hybridized carbons (Fsp3) is 0.500. The van der Waals surface area contributed by atoms with E-state index in [9.17, 15) is 9.59 Å². The Balaban J connectivity index is 2.72. The van der Waals surface area contributed by atoms with Gasteiger partial charge in [0, 0.05) is 18.0 Å². The summed E-state index contributed by atoms with van der Waals surface area (Å²) in [6.07, 6.45) is 2.18. The number of nitrogens with one attached hydrogen (secondary N) is 2. The van der Waals surface area contributed by atoms with Crippen molar-refractivity contribution in [3.8, 4) is 0 Å². The number of hydrogen-bond acceptors (Lipinski definition) is 2. The summed E-state index contributed by atoms with van der Waals surface area (Å²) in [5.41, 5.74) is 0.868. The normalized spacial score (nSPS) is 13.3. The van der Waals surface area contributed by atoms with Crippen LogP contribution in [-0.4, -0.2) is 17.9 Å². The molecule has 0 aliphatic rings. The molecule has 0 spiro atoms. The largest absolute Gasteiger partial charge is 0.354 e. The second-order valence-corrected chi connectivity index (χ2v) is 5.70. The Hall–Kier alpha value is -1.55. The molecule has 0 aliphatic heterocycles. The topological polar surface area (TPSA) is 58.2 Å². The van der Waals surface area contributed by atoms with Crippen LogP contribution in [0.1, 0.15) is 51.6 Å². The van der Waals surface area contributed by atoms with E-state index in [1.807, 2.05) is 19.1 Å². The first-order valence-corrected chi connectivity index (χ1v) is 7.62. The first kappa shape index (κ1) is 17.5. The van der Waals surface area contributed by atoms with E-state index < -0.39 is 0 Å². The van der Waals surface area contributed by atoms with Gasteiger partial charge in [0.1, 0.15) is 0 Å². The average molecular weight is 311 g/mol. The molecule has 0 saturated heterocycles. The summed E-state index contributed by atoms with van der Waals surface area (Å²) in [5.74, 6) is -0.228. The third kappa shape index (κ3) is 6.63. The Bertz CT molecular complexity index is 474. The minimum absolute atomic E-state index is 0.0651. The lowest BCUT2D eigenvalue weighted by Gasteiger charge is -2.20. The number of rotatable bonds is 7.